The topological polar surface area (TPSA) is 65.1 Å². The Morgan fingerprint density at radius 1 is 1.29 bits per heavy atom. The van der Waals surface area contributed by atoms with Crippen LogP contribution in [0, 0.1) is 5.92 Å². The molecule has 5 heteroatoms. The smallest absolute Gasteiger partial charge is 0.240 e. The van der Waals surface area contributed by atoms with Crippen molar-refractivity contribution in [3.63, 3.8) is 0 Å². The Morgan fingerprint density at radius 3 is 2.53 bits per heavy atom. The van der Waals surface area contributed by atoms with Crippen molar-refractivity contribution in [3.05, 3.63) is 30.5 Å². The number of para-hydroxylation sites is 1. The molecule has 1 aromatic carbocycles. The highest BCUT2D eigenvalue weighted by Crippen LogP contribution is 2.25. The van der Waals surface area contributed by atoms with E-state index >= 15 is 0 Å². The van der Waals surface area contributed by atoms with Gasteiger partial charge in [-0.25, -0.2) is 13.6 Å². The average Bonchev–Trinajstić information content (AvgIpc) is 2.56. The maximum atomic E-state index is 11.5. The van der Waals surface area contributed by atoms with Gasteiger partial charge in [0.25, 0.3) is 0 Å². The Bertz CT molecular complexity index is 642. The number of hydrogen-bond acceptors (Lipinski definition) is 2. The van der Waals surface area contributed by atoms with Crippen LogP contribution >= 0.6 is 0 Å². The molecule has 92 valence electrons. The van der Waals surface area contributed by atoms with Crippen LogP contribution in [0.5, 0.6) is 0 Å². The maximum Gasteiger partial charge on any atom is 0.240 e. The van der Waals surface area contributed by atoms with E-state index in [0.29, 0.717) is 11.3 Å². The largest absolute Gasteiger partial charge is 0.346 e. The highest BCUT2D eigenvalue weighted by Gasteiger charge is 2.16. The van der Waals surface area contributed by atoms with Crippen molar-refractivity contribution in [1.82, 2.24) is 4.57 Å². The van der Waals surface area contributed by atoms with Crippen LogP contribution in [0.25, 0.3) is 10.9 Å². The van der Waals surface area contributed by atoms with E-state index in [9.17, 15) is 8.42 Å². The Balaban J connectivity index is 2.71. The summed E-state index contributed by atoms with van der Waals surface area (Å²) in [4.78, 5) is 0.203. The molecule has 0 amide bonds. The molecule has 1 heterocycles. The SMILES string of the molecule is CC(C)Cn1cc(S(N)(=O)=O)c2ccccc21. The van der Waals surface area contributed by atoms with Crippen molar-refractivity contribution in [2.45, 2.75) is 25.3 Å². The van der Waals surface area contributed by atoms with Crippen LogP contribution in [0.2, 0.25) is 0 Å². The first kappa shape index (κ1) is 12.1. The number of fused-ring (bicyclic) bond motifs is 1. The Kier molecular flexibility index (Phi) is 2.97. The summed E-state index contributed by atoms with van der Waals surface area (Å²) in [5.41, 5.74) is 0.908. The zero-order valence-corrected chi connectivity index (χ0v) is 10.7. The minimum absolute atomic E-state index is 0.203. The molecule has 0 saturated carbocycles. The van der Waals surface area contributed by atoms with E-state index in [1.54, 1.807) is 12.3 Å². The number of aromatic nitrogens is 1. The van der Waals surface area contributed by atoms with Crippen molar-refractivity contribution < 1.29 is 8.42 Å². The van der Waals surface area contributed by atoms with Gasteiger partial charge in [0.2, 0.25) is 10.0 Å². The van der Waals surface area contributed by atoms with Gasteiger partial charge in [-0.05, 0) is 12.0 Å². The predicted molar refractivity (Wildman–Crippen MR) is 68.1 cm³/mol. The number of sulfonamides is 1. The van der Waals surface area contributed by atoms with E-state index in [-0.39, 0.29) is 4.90 Å². The average molecular weight is 252 g/mol. The molecule has 0 saturated heterocycles. The van der Waals surface area contributed by atoms with Crippen molar-refractivity contribution in [2.24, 2.45) is 11.1 Å². The van der Waals surface area contributed by atoms with Gasteiger partial charge in [-0.2, -0.15) is 0 Å². The molecule has 2 rings (SSSR count). The molecule has 4 nitrogen and oxygen atoms in total. The first-order valence-corrected chi connectivity index (χ1v) is 7.05. The van der Waals surface area contributed by atoms with Crippen molar-refractivity contribution in [2.75, 3.05) is 0 Å². The Labute approximate surface area is 101 Å². The second kappa shape index (κ2) is 4.16. The van der Waals surface area contributed by atoms with E-state index in [2.05, 4.69) is 13.8 Å². The first-order chi connectivity index (χ1) is 7.89. The van der Waals surface area contributed by atoms with Crippen molar-refractivity contribution >= 4 is 20.9 Å². The zero-order valence-electron chi connectivity index (χ0n) is 9.92. The van der Waals surface area contributed by atoms with Gasteiger partial charge in [0, 0.05) is 23.6 Å². The molecule has 2 aromatic rings. The van der Waals surface area contributed by atoms with Crippen LogP contribution in [-0.2, 0) is 16.6 Å². The minimum Gasteiger partial charge on any atom is -0.346 e. The molecule has 0 aliphatic carbocycles. The van der Waals surface area contributed by atoms with Gasteiger partial charge < -0.3 is 4.57 Å². The molecule has 0 radical (unpaired) electrons. The third kappa shape index (κ3) is 2.35. The maximum absolute atomic E-state index is 11.5. The van der Waals surface area contributed by atoms with Gasteiger partial charge in [-0.1, -0.05) is 32.0 Å². The summed E-state index contributed by atoms with van der Waals surface area (Å²) >= 11 is 0. The van der Waals surface area contributed by atoms with Gasteiger partial charge in [0.05, 0.1) is 0 Å². The fourth-order valence-corrected chi connectivity index (χ4v) is 2.74. The predicted octanol–water partition coefficient (Wildman–Crippen LogP) is 1.94. The van der Waals surface area contributed by atoms with Gasteiger partial charge in [-0.3, -0.25) is 0 Å². The molecule has 1 aromatic heterocycles. The molecular formula is C12H16N2O2S. The van der Waals surface area contributed by atoms with Crippen LogP contribution in [0.1, 0.15) is 13.8 Å². The van der Waals surface area contributed by atoms with Crippen molar-refractivity contribution in [3.8, 4) is 0 Å². The normalized spacial score (nSPS) is 12.5. The summed E-state index contributed by atoms with van der Waals surface area (Å²) in [5.74, 6) is 0.444. The van der Waals surface area contributed by atoms with E-state index < -0.39 is 10.0 Å². The van der Waals surface area contributed by atoms with Crippen LogP contribution < -0.4 is 5.14 Å². The summed E-state index contributed by atoms with van der Waals surface area (Å²) in [6.07, 6.45) is 1.62. The molecule has 2 N–H and O–H groups in total. The lowest BCUT2D eigenvalue weighted by Gasteiger charge is -2.07. The summed E-state index contributed by atoms with van der Waals surface area (Å²) < 4.78 is 25.0. The Hall–Kier alpha value is -1.33. The molecule has 0 atom stereocenters. The Morgan fingerprint density at radius 2 is 1.94 bits per heavy atom. The highest BCUT2D eigenvalue weighted by molar-refractivity contribution is 7.89. The molecule has 0 bridgehead atoms. The van der Waals surface area contributed by atoms with Crippen LogP contribution in [0.3, 0.4) is 0 Å². The lowest BCUT2D eigenvalue weighted by molar-refractivity contribution is 0.533. The highest BCUT2D eigenvalue weighted by atomic mass is 32.2. The second-order valence-electron chi connectivity index (χ2n) is 4.60. The molecule has 0 fully saturated rings. The number of benzene rings is 1. The number of primary sulfonamides is 1. The fraction of sp³-hybridized carbons (Fsp3) is 0.333. The van der Waals surface area contributed by atoms with Gasteiger partial charge in [-0.15, -0.1) is 0 Å². The summed E-state index contributed by atoms with van der Waals surface area (Å²) in [6, 6.07) is 7.40. The second-order valence-corrected chi connectivity index (χ2v) is 6.13. The van der Waals surface area contributed by atoms with Crippen LogP contribution in [0.15, 0.2) is 35.4 Å². The lowest BCUT2D eigenvalue weighted by Crippen LogP contribution is -2.11. The standard InChI is InChI=1S/C12H16N2O2S/c1-9(2)7-14-8-12(17(13,15)16)10-5-3-4-6-11(10)14/h3-6,8-9H,7H2,1-2H3,(H2,13,15,16). The fourth-order valence-electron chi connectivity index (χ4n) is 1.98. The summed E-state index contributed by atoms with van der Waals surface area (Å²) in [7, 11) is -3.67. The van der Waals surface area contributed by atoms with Crippen LogP contribution in [-0.4, -0.2) is 13.0 Å². The molecular weight excluding hydrogens is 236 g/mol. The molecule has 17 heavy (non-hydrogen) atoms. The van der Waals surface area contributed by atoms with E-state index in [1.165, 1.54) is 0 Å². The zero-order chi connectivity index (χ0) is 12.6. The summed E-state index contributed by atoms with van der Waals surface area (Å²) in [6.45, 7) is 4.95. The number of nitrogens with zero attached hydrogens (tertiary/aromatic N) is 1. The summed E-state index contributed by atoms with van der Waals surface area (Å²) in [5, 5.41) is 5.92. The molecule has 0 unspecified atom stereocenters. The van der Waals surface area contributed by atoms with E-state index in [4.69, 9.17) is 5.14 Å². The third-order valence-corrected chi connectivity index (χ3v) is 3.56. The van der Waals surface area contributed by atoms with E-state index in [1.807, 2.05) is 22.8 Å². The third-order valence-electron chi connectivity index (χ3n) is 2.62. The van der Waals surface area contributed by atoms with Gasteiger partial charge in [0.15, 0.2) is 0 Å². The quantitative estimate of drug-likeness (QED) is 0.907. The number of rotatable bonds is 3. The molecule has 0 spiro atoms. The number of nitrogens with two attached hydrogens (primary N) is 1. The number of hydrogen-bond donors (Lipinski definition) is 1. The van der Waals surface area contributed by atoms with Gasteiger partial charge >= 0.3 is 0 Å². The first-order valence-electron chi connectivity index (χ1n) is 5.50. The van der Waals surface area contributed by atoms with Crippen LogP contribution in [0.4, 0.5) is 0 Å². The monoisotopic (exact) mass is 252 g/mol. The lowest BCUT2D eigenvalue weighted by atomic mass is 10.2. The van der Waals surface area contributed by atoms with Gasteiger partial charge in [0.1, 0.15) is 4.90 Å². The molecule has 0 aliphatic heterocycles. The van der Waals surface area contributed by atoms with Crippen molar-refractivity contribution in [1.29, 1.82) is 0 Å². The minimum atomic E-state index is -3.67. The molecule has 0 aliphatic rings. The van der Waals surface area contributed by atoms with E-state index in [0.717, 1.165) is 12.1 Å².